The first kappa shape index (κ1) is 18.0. The zero-order valence-corrected chi connectivity index (χ0v) is 13.6. The molecule has 0 aliphatic heterocycles. The van der Waals surface area contributed by atoms with Gasteiger partial charge in [-0.25, -0.2) is 0 Å². The summed E-state index contributed by atoms with van der Waals surface area (Å²) in [7, 11) is 1.18. The molecule has 0 aliphatic carbocycles. The first-order chi connectivity index (χ1) is 7.75. The molecule has 0 aliphatic rings. The molecule has 0 saturated heterocycles. The van der Waals surface area contributed by atoms with E-state index in [4.69, 9.17) is 5.73 Å². The quantitative estimate of drug-likeness (QED) is 0.411. The molecule has 18 heavy (non-hydrogen) atoms. The van der Waals surface area contributed by atoms with Crippen LogP contribution in [0.15, 0.2) is 12.1 Å². The number of halogens is 3. The molecule has 0 atom stereocenters. The number of ether oxygens (including phenoxy) is 1. The molecular weight excluding hydrogens is 273 g/mol. The fraction of sp³-hybridized carbons (Fsp3) is 0.300. The number of methoxy groups -OCH3 is 1. The summed E-state index contributed by atoms with van der Waals surface area (Å²) in [6.45, 7) is -3.81. The maximum Gasteiger partial charge on any atom is 1.00 e. The molecule has 1 rings (SSSR count). The molecule has 1 aromatic carbocycles. The molecule has 0 amide bonds. The molecule has 0 heterocycles. The minimum absolute atomic E-state index is 0. The van der Waals surface area contributed by atoms with Crippen molar-refractivity contribution in [1.29, 1.82) is 0 Å². The molecule has 2 N–H and O–H groups in total. The fourth-order valence-corrected chi connectivity index (χ4v) is 1.58. The average molecular weight is 285 g/mol. The van der Waals surface area contributed by atoms with Crippen LogP contribution in [0.1, 0.15) is 11.1 Å². The number of nitrogens with two attached hydrogens (primary N) is 1. The predicted molar refractivity (Wildman–Crippen MR) is 60.0 cm³/mol. The molecule has 0 bridgehead atoms. The van der Waals surface area contributed by atoms with Crippen LogP contribution in [0.5, 0.6) is 0 Å². The van der Waals surface area contributed by atoms with E-state index in [-0.39, 0.29) is 74.6 Å². The predicted octanol–water partition coefficient (Wildman–Crippen LogP) is -1.65. The van der Waals surface area contributed by atoms with E-state index in [0.717, 1.165) is 6.07 Å². The summed E-state index contributed by atoms with van der Waals surface area (Å²) in [6, 6.07) is 2.24. The smallest absolute Gasteiger partial charge is 0.469 e. The monoisotopic (exact) mass is 285 g/mol. The third-order valence-corrected chi connectivity index (χ3v) is 2.49. The van der Waals surface area contributed by atoms with Crippen molar-refractivity contribution in [3.8, 4) is 0 Å². The van der Waals surface area contributed by atoms with Gasteiger partial charge < -0.3 is 23.4 Å². The zero-order chi connectivity index (χ0) is 13.2. The summed E-state index contributed by atoms with van der Waals surface area (Å²) >= 11 is 0. The van der Waals surface area contributed by atoms with Crippen LogP contribution in [-0.2, 0) is 16.0 Å². The van der Waals surface area contributed by atoms with Crippen LogP contribution in [0.4, 0.5) is 18.6 Å². The molecule has 94 valence electrons. The second-order valence-electron chi connectivity index (χ2n) is 3.72. The molecule has 0 fully saturated rings. The summed E-state index contributed by atoms with van der Waals surface area (Å²) in [5.41, 5.74) is 4.90. The number of anilines is 1. The van der Waals surface area contributed by atoms with E-state index >= 15 is 0 Å². The Bertz CT molecular complexity index is 451. The van der Waals surface area contributed by atoms with E-state index < -0.39 is 18.4 Å². The molecule has 0 spiro atoms. The van der Waals surface area contributed by atoms with E-state index in [1.165, 1.54) is 20.1 Å². The maximum absolute atomic E-state index is 12.7. The summed E-state index contributed by atoms with van der Waals surface area (Å²) in [4.78, 5) is 11.1. The van der Waals surface area contributed by atoms with Gasteiger partial charge in [0.15, 0.2) is 0 Å². The van der Waals surface area contributed by atoms with Crippen molar-refractivity contribution in [2.24, 2.45) is 0 Å². The standard InChI is InChI=1S/C10H12BF3NO2.K/c1-6-7(4-10(16)17-2)3-8(15)5-9(6)11(12,13)14;/h3,5H,4,15H2,1-2H3;/q-1;+1. The fourth-order valence-electron chi connectivity index (χ4n) is 1.58. The number of hydrogen-bond donors (Lipinski definition) is 1. The van der Waals surface area contributed by atoms with Crippen molar-refractivity contribution in [1.82, 2.24) is 0 Å². The van der Waals surface area contributed by atoms with Crippen LogP contribution in [0.3, 0.4) is 0 Å². The van der Waals surface area contributed by atoms with Gasteiger partial charge in [-0.3, -0.25) is 4.79 Å². The Labute approximate surface area is 146 Å². The normalized spacial score (nSPS) is 10.7. The van der Waals surface area contributed by atoms with Crippen molar-refractivity contribution in [2.75, 3.05) is 12.8 Å². The molecule has 3 nitrogen and oxygen atoms in total. The minimum Gasteiger partial charge on any atom is -0.469 e. The molecule has 0 aromatic heterocycles. The first-order valence-electron chi connectivity index (χ1n) is 4.91. The van der Waals surface area contributed by atoms with Crippen LogP contribution in [0, 0.1) is 6.92 Å². The van der Waals surface area contributed by atoms with E-state index in [1.54, 1.807) is 0 Å². The van der Waals surface area contributed by atoms with Gasteiger partial charge >= 0.3 is 64.3 Å². The van der Waals surface area contributed by atoms with Crippen LogP contribution in [0.25, 0.3) is 0 Å². The Morgan fingerprint density at radius 2 is 1.94 bits per heavy atom. The molecule has 0 unspecified atom stereocenters. The van der Waals surface area contributed by atoms with Gasteiger partial charge in [0.2, 0.25) is 0 Å². The molecule has 8 heteroatoms. The Hall–Kier alpha value is -0.0187. The number of rotatable bonds is 3. The van der Waals surface area contributed by atoms with Crippen molar-refractivity contribution >= 4 is 24.1 Å². The van der Waals surface area contributed by atoms with E-state index in [9.17, 15) is 17.7 Å². The van der Waals surface area contributed by atoms with E-state index in [2.05, 4.69) is 4.74 Å². The second kappa shape index (κ2) is 6.95. The van der Waals surface area contributed by atoms with Gasteiger partial charge in [-0.15, -0.1) is 5.46 Å². The number of carbonyl (C=O) groups is 1. The van der Waals surface area contributed by atoms with Crippen LogP contribution >= 0.6 is 0 Å². The summed E-state index contributed by atoms with van der Waals surface area (Å²) in [5.74, 6) is -0.598. The van der Waals surface area contributed by atoms with E-state index in [1.807, 2.05) is 0 Å². The maximum atomic E-state index is 12.7. The Kier molecular flexibility index (Phi) is 6.94. The third-order valence-electron chi connectivity index (χ3n) is 2.49. The van der Waals surface area contributed by atoms with Crippen molar-refractivity contribution in [3.05, 3.63) is 23.3 Å². The Morgan fingerprint density at radius 1 is 1.39 bits per heavy atom. The number of hydrogen-bond acceptors (Lipinski definition) is 3. The second-order valence-corrected chi connectivity index (χ2v) is 3.72. The number of benzene rings is 1. The Morgan fingerprint density at radius 3 is 2.39 bits per heavy atom. The van der Waals surface area contributed by atoms with Gasteiger partial charge in [-0.05, 0) is 18.6 Å². The third kappa shape index (κ3) is 4.58. The summed E-state index contributed by atoms with van der Waals surface area (Å²) in [5, 5.41) is 0. The summed E-state index contributed by atoms with van der Waals surface area (Å²) in [6.07, 6.45) is -0.216. The van der Waals surface area contributed by atoms with Crippen LogP contribution in [0.2, 0.25) is 0 Å². The first-order valence-corrected chi connectivity index (χ1v) is 4.91. The van der Waals surface area contributed by atoms with Gasteiger partial charge in [-0.1, -0.05) is 11.6 Å². The van der Waals surface area contributed by atoms with Gasteiger partial charge in [0, 0.05) is 5.69 Å². The van der Waals surface area contributed by atoms with Crippen molar-refractivity contribution in [2.45, 2.75) is 13.3 Å². The molecule has 0 saturated carbocycles. The molecular formula is C10H12BF3KNO2. The van der Waals surface area contributed by atoms with E-state index in [0.29, 0.717) is 0 Å². The zero-order valence-electron chi connectivity index (χ0n) is 10.5. The van der Waals surface area contributed by atoms with Crippen LogP contribution < -0.4 is 62.6 Å². The number of nitrogen functional groups attached to an aromatic ring is 1. The van der Waals surface area contributed by atoms with Gasteiger partial charge in [0.1, 0.15) is 0 Å². The van der Waals surface area contributed by atoms with Crippen LogP contribution in [-0.4, -0.2) is 20.1 Å². The number of esters is 1. The van der Waals surface area contributed by atoms with Gasteiger partial charge in [-0.2, -0.15) is 0 Å². The average Bonchev–Trinajstić information content (AvgIpc) is 2.21. The number of carbonyl (C=O) groups excluding carboxylic acids is 1. The SMILES string of the molecule is COC(=O)Cc1cc(N)cc([B-](F)(F)F)c1C.[K+]. The van der Waals surface area contributed by atoms with Crippen molar-refractivity contribution in [3.63, 3.8) is 0 Å². The Balaban J connectivity index is 0.00000289. The largest absolute Gasteiger partial charge is 1.00 e. The summed E-state index contributed by atoms with van der Waals surface area (Å²) < 4.78 is 42.6. The van der Waals surface area contributed by atoms with Gasteiger partial charge in [0.25, 0.3) is 0 Å². The van der Waals surface area contributed by atoms with Crippen molar-refractivity contribution < 1.29 is 73.9 Å². The minimum atomic E-state index is -5.14. The topological polar surface area (TPSA) is 52.3 Å². The van der Waals surface area contributed by atoms with Gasteiger partial charge in [0.05, 0.1) is 13.5 Å². The molecule has 1 aromatic rings. The molecule has 0 radical (unpaired) electrons.